The molecule has 0 aliphatic carbocycles. The van der Waals surface area contributed by atoms with Gasteiger partial charge in [0, 0.05) is 3.57 Å². The molecule has 0 aromatic heterocycles. The van der Waals surface area contributed by atoms with Crippen molar-refractivity contribution in [2.45, 2.75) is 18.7 Å². The molecule has 0 fully saturated rings. The standard InChI is InChI=1S/C15H16INO3S/c1-10-8-12(16)4-6-14(10)17-21(18,19)13-5-7-15(20-3)11(2)9-13/h4-9,17H,1-3H3. The van der Waals surface area contributed by atoms with E-state index in [1.165, 1.54) is 6.07 Å². The van der Waals surface area contributed by atoms with Crippen molar-refractivity contribution >= 4 is 38.3 Å². The number of rotatable bonds is 4. The van der Waals surface area contributed by atoms with E-state index < -0.39 is 10.0 Å². The summed E-state index contributed by atoms with van der Waals surface area (Å²) < 4.78 is 33.7. The summed E-state index contributed by atoms with van der Waals surface area (Å²) in [6.07, 6.45) is 0. The van der Waals surface area contributed by atoms with E-state index in [9.17, 15) is 8.42 Å². The number of methoxy groups -OCH3 is 1. The van der Waals surface area contributed by atoms with Gasteiger partial charge in [0.25, 0.3) is 10.0 Å². The van der Waals surface area contributed by atoms with Crippen LogP contribution in [0.1, 0.15) is 11.1 Å². The lowest BCUT2D eigenvalue weighted by Gasteiger charge is -2.12. The van der Waals surface area contributed by atoms with Crippen LogP contribution in [0.25, 0.3) is 0 Å². The Morgan fingerprint density at radius 2 is 1.76 bits per heavy atom. The van der Waals surface area contributed by atoms with E-state index in [2.05, 4.69) is 27.3 Å². The van der Waals surface area contributed by atoms with Gasteiger partial charge >= 0.3 is 0 Å². The van der Waals surface area contributed by atoms with Crippen molar-refractivity contribution in [3.8, 4) is 5.75 Å². The highest BCUT2D eigenvalue weighted by atomic mass is 127. The maximum Gasteiger partial charge on any atom is 0.261 e. The lowest BCUT2D eigenvalue weighted by atomic mass is 10.2. The fourth-order valence-corrected chi connectivity index (χ4v) is 3.83. The average molecular weight is 417 g/mol. The highest BCUT2D eigenvalue weighted by Crippen LogP contribution is 2.25. The summed E-state index contributed by atoms with van der Waals surface area (Å²) >= 11 is 2.19. The monoisotopic (exact) mass is 417 g/mol. The molecule has 6 heteroatoms. The van der Waals surface area contributed by atoms with Crippen LogP contribution < -0.4 is 9.46 Å². The Morgan fingerprint density at radius 1 is 1.05 bits per heavy atom. The molecule has 2 rings (SSSR count). The Hall–Kier alpha value is -1.28. The maximum atomic E-state index is 12.4. The second-order valence-corrected chi connectivity index (χ2v) is 7.62. The molecule has 0 saturated heterocycles. The number of anilines is 1. The molecule has 4 nitrogen and oxygen atoms in total. The smallest absolute Gasteiger partial charge is 0.261 e. The molecular weight excluding hydrogens is 401 g/mol. The summed E-state index contributed by atoms with van der Waals surface area (Å²) in [4.78, 5) is 0.221. The molecule has 112 valence electrons. The Labute approximate surface area is 138 Å². The van der Waals surface area contributed by atoms with Crippen molar-refractivity contribution in [3.63, 3.8) is 0 Å². The quantitative estimate of drug-likeness (QED) is 0.772. The van der Waals surface area contributed by atoms with Crippen LogP contribution in [0.4, 0.5) is 5.69 Å². The van der Waals surface area contributed by atoms with Gasteiger partial charge in [-0.25, -0.2) is 8.42 Å². The summed E-state index contributed by atoms with van der Waals surface area (Å²) in [5, 5.41) is 0. The van der Waals surface area contributed by atoms with E-state index in [1.54, 1.807) is 25.3 Å². The van der Waals surface area contributed by atoms with Crippen molar-refractivity contribution in [3.05, 3.63) is 51.1 Å². The minimum atomic E-state index is -3.60. The van der Waals surface area contributed by atoms with Gasteiger partial charge in [-0.3, -0.25) is 4.72 Å². The highest BCUT2D eigenvalue weighted by molar-refractivity contribution is 14.1. The summed E-state index contributed by atoms with van der Waals surface area (Å²) in [6, 6.07) is 10.4. The Bertz CT molecular complexity index is 772. The molecule has 0 radical (unpaired) electrons. The van der Waals surface area contributed by atoms with Crippen LogP contribution in [-0.4, -0.2) is 15.5 Å². The van der Waals surface area contributed by atoms with Crippen LogP contribution in [0.5, 0.6) is 5.75 Å². The maximum absolute atomic E-state index is 12.4. The van der Waals surface area contributed by atoms with E-state index in [1.807, 2.05) is 26.0 Å². The second kappa shape index (κ2) is 6.23. The SMILES string of the molecule is COc1ccc(S(=O)(=O)Nc2ccc(I)cc2C)cc1C. The first-order valence-electron chi connectivity index (χ1n) is 6.27. The molecule has 0 amide bonds. The zero-order valence-electron chi connectivity index (χ0n) is 12.0. The Kier molecular flexibility index (Phi) is 4.77. The van der Waals surface area contributed by atoms with Gasteiger partial charge in [0.2, 0.25) is 0 Å². The number of ether oxygens (including phenoxy) is 1. The summed E-state index contributed by atoms with van der Waals surface area (Å²) in [6.45, 7) is 3.69. The Morgan fingerprint density at radius 3 is 2.33 bits per heavy atom. The molecule has 0 aliphatic heterocycles. The largest absolute Gasteiger partial charge is 0.496 e. The van der Waals surface area contributed by atoms with Gasteiger partial charge in [-0.05, 0) is 84.0 Å². The van der Waals surface area contributed by atoms with Crippen LogP contribution in [0.3, 0.4) is 0 Å². The number of hydrogen-bond donors (Lipinski definition) is 1. The van der Waals surface area contributed by atoms with Gasteiger partial charge in [0.1, 0.15) is 5.75 Å². The molecule has 2 aromatic rings. The van der Waals surface area contributed by atoms with Crippen molar-refractivity contribution in [2.24, 2.45) is 0 Å². The number of aryl methyl sites for hydroxylation is 2. The first kappa shape index (κ1) is 16.1. The molecule has 0 unspecified atom stereocenters. The molecule has 0 saturated carbocycles. The van der Waals surface area contributed by atoms with Crippen LogP contribution in [0.2, 0.25) is 0 Å². The van der Waals surface area contributed by atoms with Crippen molar-refractivity contribution in [1.29, 1.82) is 0 Å². The minimum Gasteiger partial charge on any atom is -0.496 e. The Balaban J connectivity index is 2.36. The van der Waals surface area contributed by atoms with Gasteiger partial charge in [-0.15, -0.1) is 0 Å². The third kappa shape index (κ3) is 3.68. The predicted molar refractivity (Wildman–Crippen MR) is 92.4 cm³/mol. The normalized spacial score (nSPS) is 11.2. The predicted octanol–water partition coefficient (Wildman–Crippen LogP) is 3.72. The molecule has 1 N–H and O–H groups in total. The fraction of sp³-hybridized carbons (Fsp3) is 0.200. The van der Waals surface area contributed by atoms with Crippen molar-refractivity contribution < 1.29 is 13.2 Å². The second-order valence-electron chi connectivity index (χ2n) is 4.70. The van der Waals surface area contributed by atoms with Crippen LogP contribution in [-0.2, 0) is 10.0 Å². The molecule has 0 atom stereocenters. The first-order valence-corrected chi connectivity index (χ1v) is 8.83. The van der Waals surface area contributed by atoms with Crippen molar-refractivity contribution in [1.82, 2.24) is 0 Å². The first-order chi connectivity index (χ1) is 9.83. The fourth-order valence-electron chi connectivity index (χ4n) is 1.96. The molecule has 0 heterocycles. The van der Waals surface area contributed by atoms with Crippen LogP contribution >= 0.6 is 22.6 Å². The summed E-state index contributed by atoms with van der Waals surface area (Å²) in [5.74, 6) is 0.666. The van der Waals surface area contributed by atoms with Gasteiger partial charge in [0.05, 0.1) is 17.7 Å². The summed E-state index contributed by atoms with van der Waals surface area (Å²) in [7, 11) is -2.04. The highest BCUT2D eigenvalue weighted by Gasteiger charge is 2.16. The molecule has 21 heavy (non-hydrogen) atoms. The number of nitrogens with one attached hydrogen (secondary N) is 1. The van der Waals surface area contributed by atoms with E-state index in [0.717, 1.165) is 14.7 Å². The van der Waals surface area contributed by atoms with Crippen LogP contribution in [0, 0.1) is 17.4 Å². The van der Waals surface area contributed by atoms with Gasteiger partial charge < -0.3 is 4.74 Å². The third-order valence-electron chi connectivity index (χ3n) is 3.11. The molecular formula is C15H16INO3S. The molecule has 2 aromatic carbocycles. The van der Waals surface area contributed by atoms with Gasteiger partial charge in [-0.2, -0.15) is 0 Å². The van der Waals surface area contributed by atoms with E-state index >= 15 is 0 Å². The minimum absolute atomic E-state index is 0.221. The third-order valence-corrected chi connectivity index (χ3v) is 5.14. The van der Waals surface area contributed by atoms with E-state index in [-0.39, 0.29) is 4.90 Å². The van der Waals surface area contributed by atoms with Crippen molar-refractivity contribution in [2.75, 3.05) is 11.8 Å². The van der Waals surface area contributed by atoms with Gasteiger partial charge in [0.15, 0.2) is 0 Å². The van der Waals surface area contributed by atoms with Crippen LogP contribution in [0.15, 0.2) is 41.3 Å². The lowest BCUT2D eigenvalue weighted by molar-refractivity contribution is 0.411. The molecule has 0 aliphatic rings. The number of halogens is 1. The van der Waals surface area contributed by atoms with Gasteiger partial charge in [-0.1, -0.05) is 0 Å². The number of sulfonamides is 1. The van der Waals surface area contributed by atoms with E-state index in [4.69, 9.17) is 4.74 Å². The number of benzene rings is 2. The molecule has 0 spiro atoms. The molecule has 0 bridgehead atoms. The summed E-state index contributed by atoms with van der Waals surface area (Å²) in [5.41, 5.74) is 2.25. The lowest BCUT2D eigenvalue weighted by Crippen LogP contribution is -2.14. The van der Waals surface area contributed by atoms with E-state index in [0.29, 0.717) is 11.4 Å². The zero-order valence-corrected chi connectivity index (χ0v) is 14.9. The average Bonchev–Trinajstić information content (AvgIpc) is 2.42. The number of hydrogen-bond acceptors (Lipinski definition) is 3. The topological polar surface area (TPSA) is 55.4 Å². The zero-order chi connectivity index (χ0) is 15.6.